The number of nitrogens with one attached hydrogen (secondary N) is 1. The molecule has 0 unspecified atom stereocenters. The quantitative estimate of drug-likeness (QED) is 0.336. The lowest BCUT2D eigenvalue weighted by atomic mass is 9.91. The van der Waals surface area contributed by atoms with Gasteiger partial charge in [0.15, 0.2) is 17.4 Å². The Morgan fingerprint density at radius 1 is 1.05 bits per heavy atom. The van der Waals surface area contributed by atoms with Crippen LogP contribution in [0.15, 0.2) is 36.7 Å². The van der Waals surface area contributed by atoms with Crippen molar-refractivity contribution >= 4 is 22.6 Å². The molecule has 1 fully saturated rings. The van der Waals surface area contributed by atoms with E-state index in [0.717, 1.165) is 35.0 Å². The number of hydrogen-bond acceptors (Lipinski definition) is 5. The summed E-state index contributed by atoms with van der Waals surface area (Å²) in [5.41, 5.74) is 5.14. The van der Waals surface area contributed by atoms with E-state index in [2.05, 4.69) is 27.9 Å². The highest BCUT2D eigenvalue weighted by atomic mass is 19.1. The van der Waals surface area contributed by atoms with Crippen molar-refractivity contribution in [2.75, 3.05) is 38.2 Å². The normalized spacial score (nSPS) is 13.9. The van der Waals surface area contributed by atoms with Gasteiger partial charge in [0.05, 0.1) is 18.8 Å². The van der Waals surface area contributed by atoms with Crippen LogP contribution in [0.4, 0.5) is 14.6 Å². The monoisotopic (exact) mass is 533 g/mol. The Balaban J connectivity index is 1.48. The molecular formula is C30H33F2N5O2. The Morgan fingerprint density at radius 2 is 1.79 bits per heavy atom. The summed E-state index contributed by atoms with van der Waals surface area (Å²) in [6.07, 6.45) is 3.81. The molecule has 0 aliphatic carbocycles. The first-order chi connectivity index (χ1) is 18.7. The first kappa shape index (κ1) is 26.6. The van der Waals surface area contributed by atoms with Crippen LogP contribution in [-0.4, -0.2) is 59.0 Å². The van der Waals surface area contributed by atoms with Crippen molar-refractivity contribution in [1.82, 2.24) is 19.9 Å². The van der Waals surface area contributed by atoms with E-state index in [9.17, 15) is 9.18 Å². The highest BCUT2D eigenvalue weighted by Gasteiger charge is 2.27. The molecule has 0 spiro atoms. The summed E-state index contributed by atoms with van der Waals surface area (Å²) in [5.74, 6) is -0.138. The molecule has 0 radical (unpaired) electrons. The lowest BCUT2D eigenvalue weighted by molar-refractivity contribution is 0.0741. The number of halogens is 2. The van der Waals surface area contributed by atoms with Crippen LogP contribution < -0.4 is 9.64 Å². The van der Waals surface area contributed by atoms with Gasteiger partial charge in [-0.25, -0.2) is 13.8 Å². The van der Waals surface area contributed by atoms with E-state index in [1.54, 1.807) is 11.0 Å². The van der Waals surface area contributed by atoms with Gasteiger partial charge in [0.1, 0.15) is 11.5 Å². The summed E-state index contributed by atoms with van der Waals surface area (Å²) in [5, 5.41) is 0.666. The summed E-state index contributed by atoms with van der Waals surface area (Å²) < 4.78 is 34.6. The summed E-state index contributed by atoms with van der Waals surface area (Å²) in [7, 11) is 1.48. The number of ether oxygens (including phenoxy) is 1. The maximum atomic E-state index is 15.7. The van der Waals surface area contributed by atoms with Crippen LogP contribution >= 0.6 is 0 Å². The molecule has 1 aliphatic rings. The van der Waals surface area contributed by atoms with Gasteiger partial charge in [-0.2, -0.15) is 0 Å². The van der Waals surface area contributed by atoms with Gasteiger partial charge in [0, 0.05) is 55.1 Å². The van der Waals surface area contributed by atoms with Crippen molar-refractivity contribution in [3.8, 4) is 16.9 Å². The number of benzene rings is 1. The second-order valence-corrected chi connectivity index (χ2v) is 10.2. The molecule has 0 bridgehead atoms. The van der Waals surface area contributed by atoms with Gasteiger partial charge in [-0.15, -0.1) is 0 Å². The van der Waals surface area contributed by atoms with Crippen LogP contribution in [-0.2, 0) is 6.42 Å². The number of aryl methyl sites for hydroxylation is 2. The number of nitrogens with zero attached hydrogens (tertiary/aromatic N) is 4. The maximum absolute atomic E-state index is 15.7. The molecule has 0 atom stereocenters. The van der Waals surface area contributed by atoms with Crippen molar-refractivity contribution in [3.63, 3.8) is 0 Å². The van der Waals surface area contributed by atoms with Crippen LogP contribution in [0, 0.1) is 18.6 Å². The molecule has 1 aromatic carbocycles. The lowest BCUT2D eigenvalue weighted by Gasteiger charge is -2.35. The molecule has 4 aromatic rings. The van der Waals surface area contributed by atoms with Crippen LogP contribution in [0.5, 0.6) is 5.75 Å². The number of piperazine rings is 1. The number of methoxy groups -OCH3 is 1. The van der Waals surface area contributed by atoms with Crippen molar-refractivity contribution in [2.45, 2.75) is 40.0 Å². The number of rotatable bonds is 6. The molecule has 204 valence electrons. The molecule has 1 saturated heterocycles. The SMILES string of the molecule is CCc1cc(C)ncc1-c1cc(C(C)C)c(F)c2[nH]c(C(=O)N3CCN(c4ncc(F)cc4OC)CC3)cc12. The molecule has 7 nitrogen and oxygen atoms in total. The van der Waals surface area contributed by atoms with E-state index < -0.39 is 5.82 Å². The summed E-state index contributed by atoms with van der Waals surface area (Å²) in [6, 6.07) is 7.02. The first-order valence-electron chi connectivity index (χ1n) is 13.3. The standard InChI is InChI=1S/C30H33F2N5O2/c1-6-19-11-18(4)33-16-24(19)22-13-21(17(2)3)27(32)28-23(22)14-25(35-28)30(38)37-9-7-36(8-10-37)29-26(39-5)12-20(31)15-34-29/h11-17,35H,6-10H2,1-5H3. The Kier molecular flexibility index (Phi) is 7.25. The first-order valence-corrected chi connectivity index (χ1v) is 13.3. The minimum atomic E-state index is -0.470. The van der Waals surface area contributed by atoms with Crippen LogP contribution in [0.1, 0.15) is 54.0 Å². The Bertz CT molecular complexity index is 1540. The zero-order valence-electron chi connectivity index (χ0n) is 22.9. The number of carbonyl (C=O) groups excluding carboxylic acids is 1. The third-order valence-electron chi connectivity index (χ3n) is 7.42. The van der Waals surface area contributed by atoms with Crippen LogP contribution in [0.3, 0.4) is 0 Å². The number of aromatic nitrogens is 3. The van der Waals surface area contributed by atoms with Gasteiger partial charge in [-0.3, -0.25) is 9.78 Å². The van der Waals surface area contributed by atoms with E-state index in [-0.39, 0.29) is 17.6 Å². The van der Waals surface area contributed by atoms with Crippen LogP contribution in [0.25, 0.3) is 22.0 Å². The lowest BCUT2D eigenvalue weighted by Crippen LogP contribution is -2.49. The molecule has 3 aromatic heterocycles. The highest BCUT2D eigenvalue weighted by molar-refractivity contribution is 6.04. The minimum absolute atomic E-state index is 0.0378. The highest BCUT2D eigenvalue weighted by Crippen LogP contribution is 2.37. The Hall–Kier alpha value is -4.01. The van der Waals surface area contributed by atoms with Gasteiger partial charge in [0.2, 0.25) is 0 Å². The van der Waals surface area contributed by atoms with Gasteiger partial charge in [-0.1, -0.05) is 20.8 Å². The van der Waals surface area contributed by atoms with Gasteiger partial charge < -0.3 is 19.5 Å². The van der Waals surface area contributed by atoms with E-state index in [0.29, 0.717) is 59.9 Å². The number of fused-ring (bicyclic) bond motifs is 1. The molecule has 5 rings (SSSR count). The van der Waals surface area contributed by atoms with E-state index in [1.165, 1.54) is 13.2 Å². The molecule has 1 aliphatic heterocycles. The zero-order valence-corrected chi connectivity index (χ0v) is 22.9. The van der Waals surface area contributed by atoms with Gasteiger partial charge >= 0.3 is 0 Å². The topological polar surface area (TPSA) is 74.4 Å². The fourth-order valence-electron chi connectivity index (χ4n) is 5.28. The van der Waals surface area contributed by atoms with Gasteiger partial charge in [0.25, 0.3) is 5.91 Å². The molecule has 39 heavy (non-hydrogen) atoms. The number of amides is 1. The van der Waals surface area contributed by atoms with Crippen LogP contribution in [0.2, 0.25) is 0 Å². The fraction of sp³-hybridized carbons (Fsp3) is 0.367. The number of aromatic amines is 1. The largest absolute Gasteiger partial charge is 0.493 e. The average Bonchev–Trinajstić information content (AvgIpc) is 3.39. The molecule has 1 N–H and O–H groups in total. The molecule has 0 saturated carbocycles. The number of carbonyl (C=O) groups is 1. The van der Waals surface area contributed by atoms with Gasteiger partial charge in [-0.05, 0) is 54.2 Å². The predicted molar refractivity (Wildman–Crippen MR) is 149 cm³/mol. The number of H-pyrrole nitrogens is 1. The summed E-state index contributed by atoms with van der Waals surface area (Å²) in [6.45, 7) is 9.85. The predicted octanol–water partition coefficient (Wildman–Crippen LogP) is 5.87. The second kappa shape index (κ2) is 10.6. The number of hydrogen-bond donors (Lipinski definition) is 1. The van der Waals surface area contributed by atoms with E-state index >= 15 is 4.39 Å². The maximum Gasteiger partial charge on any atom is 0.270 e. The smallest absolute Gasteiger partial charge is 0.270 e. The van der Waals surface area contributed by atoms with Crippen molar-refractivity contribution in [2.24, 2.45) is 0 Å². The third kappa shape index (κ3) is 4.93. The summed E-state index contributed by atoms with van der Waals surface area (Å²) >= 11 is 0. The zero-order chi connectivity index (χ0) is 27.8. The van der Waals surface area contributed by atoms with Crippen molar-refractivity contribution < 1.29 is 18.3 Å². The minimum Gasteiger partial charge on any atom is -0.493 e. The second-order valence-electron chi connectivity index (χ2n) is 10.2. The molecular weight excluding hydrogens is 500 g/mol. The molecule has 9 heteroatoms. The van der Waals surface area contributed by atoms with E-state index in [4.69, 9.17) is 4.74 Å². The fourth-order valence-corrected chi connectivity index (χ4v) is 5.28. The van der Waals surface area contributed by atoms with Crippen molar-refractivity contribution in [1.29, 1.82) is 0 Å². The molecule has 1 amide bonds. The van der Waals surface area contributed by atoms with Crippen molar-refractivity contribution in [3.05, 3.63) is 70.8 Å². The summed E-state index contributed by atoms with van der Waals surface area (Å²) in [4.78, 5) is 29.1. The molecule has 4 heterocycles. The number of pyridine rings is 2. The number of anilines is 1. The average molecular weight is 534 g/mol. The van der Waals surface area contributed by atoms with E-state index in [1.807, 2.05) is 37.9 Å². The Morgan fingerprint density at radius 3 is 2.46 bits per heavy atom. The third-order valence-corrected chi connectivity index (χ3v) is 7.42. The Labute approximate surface area is 226 Å².